The van der Waals surface area contributed by atoms with Gasteiger partial charge in [0.1, 0.15) is 11.6 Å². The molecule has 0 aliphatic carbocycles. The van der Waals surface area contributed by atoms with Crippen molar-refractivity contribution < 1.29 is 13.9 Å². The van der Waals surface area contributed by atoms with E-state index in [9.17, 15) is 9.50 Å². The minimum absolute atomic E-state index is 0.107. The lowest BCUT2D eigenvalue weighted by Crippen LogP contribution is -2.34. The molecule has 0 saturated carbocycles. The van der Waals surface area contributed by atoms with Crippen LogP contribution >= 0.6 is 0 Å². The molecule has 0 spiro atoms. The summed E-state index contributed by atoms with van der Waals surface area (Å²) in [5.41, 5.74) is 1.27. The Morgan fingerprint density at radius 1 is 1.35 bits per heavy atom. The molecule has 2 rings (SSSR count). The van der Waals surface area contributed by atoms with E-state index in [1.165, 1.54) is 6.07 Å². The number of furan rings is 1. The number of aliphatic hydroxyl groups excluding tert-OH is 1. The van der Waals surface area contributed by atoms with Crippen LogP contribution in [0.25, 0.3) is 0 Å². The van der Waals surface area contributed by atoms with Crippen molar-refractivity contribution in [3.63, 3.8) is 0 Å². The fourth-order valence-electron chi connectivity index (χ4n) is 2.21. The zero-order valence-corrected chi connectivity index (χ0v) is 11.8. The summed E-state index contributed by atoms with van der Waals surface area (Å²) in [7, 11) is 0. The van der Waals surface area contributed by atoms with E-state index in [-0.39, 0.29) is 11.9 Å². The van der Waals surface area contributed by atoms with Crippen molar-refractivity contribution in [2.75, 3.05) is 0 Å². The maximum Gasteiger partial charge on any atom is 0.126 e. The van der Waals surface area contributed by atoms with Gasteiger partial charge in [-0.15, -0.1) is 0 Å². The third-order valence-corrected chi connectivity index (χ3v) is 3.46. The minimum Gasteiger partial charge on any atom is -0.468 e. The molecular formula is C16H20FNO2. The third-order valence-electron chi connectivity index (χ3n) is 3.46. The molecule has 0 fully saturated rings. The SMILES string of the molecule is CCC(NCc1ccco1)C(O)c1ccc(F)c(C)c1. The summed E-state index contributed by atoms with van der Waals surface area (Å²) in [5, 5.41) is 13.7. The van der Waals surface area contributed by atoms with E-state index < -0.39 is 6.10 Å². The second-order valence-electron chi connectivity index (χ2n) is 4.93. The molecule has 2 atom stereocenters. The number of aryl methyl sites for hydroxylation is 1. The number of hydrogen-bond acceptors (Lipinski definition) is 3. The summed E-state index contributed by atoms with van der Waals surface area (Å²) in [6, 6.07) is 8.32. The zero-order chi connectivity index (χ0) is 14.5. The predicted molar refractivity (Wildman–Crippen MR) is 75.7 cm³/mol. The van der Waals surface area contributed by atoms with E-state index >= 15 is 0 Å². The van der Waals surface area contributed by atoms with E-state index in [2.05, 4.69) is 5.32 Å². The highest BCUT2D eigenvalue weighted by Crippen LogP contribution is 2.21. The molecule has 1 heterocycles. The average Bonchev–Trinajstić information content (AvgIpc) is 2.95. The van der Waals surface area contributed by atoms with Crippen molar-refractivity contribution in [2.45, 2.75) is 39.0 Å². The van der Waals surface area contributed by atoms with Crippen LogP contribution in [0.1, 0.15) is 36.3 Å². The van der Waals surface area contributed by atoms with Gasteiger partial charge in [0.05, 0.1) is 18.9 Å². The van der Waals surface area contributed by atoms with Crippen LogP contribution in [-0.2, 0) is 6.54 Å². The van der Waals surface area contributed by atoms with Gasteiger partial charge in [-0.1, -0.05) is 19.1 Å². The van der Waals surface area contributed by atoms with Gasteiger partial charge in [0.25, 0.3) is 0 Å². The molecular weight excluding hydrogens is 257 g/mol. The third kappa shape index (κ3) is 3.46. The summed E-state index contributed by atoms with van der Waals surface area (Å²) in [6.45, 7) is 4.25. The average molecular weight is 277 g/mol. The molecule has 0 aliphatic rings. The standard InChI is InChI=1S/C16H20FNO2/c1-3-15(18-10-13-5-4-8-20-13)16(19)12-6-7-14(17)11(2)9-12/h4-9,15-16,18-19H,3,10H2,1-2H3. The maximum absolute atomic E-state index is 13.3. The maximum atomic E-state index is 13.3. The van der Waals surface area contributed by atoms with E-state index in [4.69, 9.17) is 4.42 Å². The van der Waals surface area contributed by atoms with Crippen LogP contribution in [0, 0.1) is 12.7 Å². The van der Waals surface area contributed by atoms with Gasteiger partial charge in [-0.25, -0.2) is 4.39 Å². The smallest absolute Gasteiger partial charge is 0.126 e. The Morgan fingerprint density at radius 3 is 2.75 bits per heavy atom. The Morgan fingerprint density at radius 2 is 2.15 bits per heavy atom. The number of hydrogen-bond donors (Lipinski definition) is 2. The van der Waals surface area contributed by atoms with Crippen LogP contribution in [-0.4, -0.2) is 11.1 Å². The highest BCUT2D eigenvalue weighted by atomic mass is 19.1. The summed E-state index contributed by atoms with van der Waals surface area (Å²) < 4.78 is 18.5. The van der Waals surface area contributed by atoms with Gasteiger partial charge in [0.2, 0.25) is 0 Å². The van der Waals surface area contributed by atoms with Gasteiger partial charge in [-0.05, 0) is 42.7 Å². The fourth-order valence-corrected chi connectivity index (χ4v) is 2.21. The lowest BCUT2D eigenvalue weighted by Gasteiger charge is -2.23. The Bertz CT molecular complexity index is 539. The van der Waals surface area contributed by atoms with E-state index in [0.29, 0.717) is 12.1 Å². The largest absolute Gasteiger partial charge is 0.468 e. The molecule has 2 N–H and O–H groups in total. The van der Waals surface area contributed by atoms with Crippen LogP contribution < -0.4 is 5.32 Å². The van der Waals surface area contributed by atoms with E-state index in [1.807, 2.05) is 19.1 Å². The normalized spacial score (nSPS) is 14.2. The topological polar surface area (TPSA) is 45.4 Å². The molecule has 0 amide bonds. The molecule has 0 radical (unpaired) electrons. The number of nitrogens with one attached hydrogen (secondary N) is 1. The van der Waals surface area contributed by atoms with E-state index in [0.717, 1.165) is 17.7 Å². The van der Waals surface area contributed by atoms with Crippen molar-refractivity contribution in [3.05, 3.63) is 59.3 Å². The lowest BCUT2D eigenvalue weighted by molar-refractivity contribution is 0.124. The van der Waals surface area contributed by atoms with Crippen molar-refractivity contribution >= 4 is 0 Å². The van der Waals surface area contributed by atoms with Crippen LogP contribution in [0.4, 0.5) is 4.39 Å². The van der Waals surface area contributed by atoms with Crippen molar-refractivity contribution in [3.8, 4) is 0 Å². The summed E-state index contributed by atoms with van der Waals surface area (Å²) in [6.07, 6.45) is 1.71. The van der Waals surface area contributed by atoms with Gasteiger partial charge >= 0.3 is 0 Å². The Hall–Kier alpha value is -1.65. The first-order valence-corrected chi connectivity index (χ1v) is 6.81. The van der Waals surface area contributed by atoms with Crippen LogP contribution in [0.15, 0.2) is 41.0 Å². The molecule has 3 nitrogen and oxygen atoms in total. The first-order valence-electron chi connectivity index (χ1n) is 6.81. The molecule has 108 valence electrons. The fraction of sp³-hybridized carbons (Fsp3) is 0.375. The van der Waals surface area contributed by atoms with Gasteiger partial charge in [-0.3, -0.25) is 0 Å². The molecule has 4 heteroatoms. The quantitative estimate of drug-likeness (QED) is 0.851. The molecule has 0 saturated heterocycles. The predicted octanol–water partition coefficient (Wildman–Crippen LogP) is 3.33. The summed E-state index contributed by atoms with van der Waals surface area (Å²) in [4.78, 5) is 0. The van der Waals surface area contributed by atoms with Crippen molar-refractivity contribution in [1.82, 2.24) is 5.32 Å². The molecule has 20 heavy (non-hydrogen) atoms. The molecule has 1 aromatic carbocycles. The number of benzene rings is 1. The zero-order valence-electron chi connectivity index (χ0n) is 11.8. The van der Waals surface area contributed by atoms with Crippen molar-refractivity contribution in [2.24, 2.45) is 0 Å². The highest BCUT2D eigenvalue weighted by molar-refractivity contribution is 5.26. The van der Waals surface area contributed by atoms with Gasteiger partial charge in [0.15, 0.2) is 0 Å². The second-order valence-corrected chi connectivity index (χ2v) is 4.93. The Balaban J connectivity index is 2.03. The minimum atomic E-state index is -0.672. The molecule has 0 aliphatic heterocycles. The van der Waals surface area contributed by atoms with Gasteiger partial charge in [-0.2, -0.15) is 0 Å². The molecule has 2 unspecified atom stereocenters. The number of rotatable bonds is 6. The first-order chi connectivity index (χ1) is 9.61. The van der Waals surface area contributed by atoms with Crippen molar-refractivity contribution in [1.29, 1.82) is 0 Å². The van der Waals surface area contributed by atoms with Gasteiger partial charge in [0, 0.05) is 6.04 Å². The van der Waals surface area contributed by atoms with E-state index in [1.54, 1.807) is 25.3 Å². The lowest BCUT2D eigenvalue weighted by atomic mass is 9.98. The number of halogens is 1. The molecule has 0 bridgehead atoms. The number of aliphatic hydroxyl groups is 1. The monoisotopic (exact) mass is 277 g/mol. The second kappa shape index (κ2) is 6.68. The summed E-state index contributed by atoms with van der Waals surface area (Å²) in [5.74, 6) is 0.573. The van der Waals surface area contributed by atoms with Crippen LogP contribution in [0.2, 0.25) is 0 Å². The highest BCUT2D eigenvalue weighted by Gasteiger charge is 2.19. The molecule has 1 aromatic heterocycles. The Kier molecular flexibility index (Phi) is 4.93. The summed E-state index contributed by atoms with van der Waals surface area (Å²) >= 11 is 0. The van der Waals surface area contributed by atoms with Gasteiger partial charge < -0.3 is 14.8 Å². The first kappa shape index (κ1) is 14.8. The van der Waals surface area contributed by atoms with Crippen LogP contribution in [0.5, 0.6) is 0 Å². The van der Waals surface area contributed by atoms with Crippen LogP contribution in [0.3, 0.4) is 0 Å². The molecule has 2 aromatic rings. The Labute approximate surface area is 118 Å².